The van der Waals surface area contributed by atoms with Gasteiger partial charge in [-0.15, -0.1) is 0 Å². The molecule has 1 rings (SSSR count). The Balaban J connectivity index is 2.65. The summed E-state index contributed by atoms with van der Waals surface area (Å²) in [7, 11) is 1.37. The smallest absolute Gasteiger partial charge is 0.308 e. The average molecular weight is 220 g/mol. The zero-order valence-corrected chi connectivity index (χ0v) is 9.80. The monoisotopic (exact) mass is 220 g/mol. The lowest BCUT2D eigenvalue weighted by atomic mass is 10.0. The van der Waals surface area contributed by atoms with Crippen molar-refractivity contribution in [1.82, 2.24) is 0 Å². The first kappa shape index (κ1) is 12.4. The van der Waals surface area contributed by atoms with Crippen molar-refractivity contribution in [2.45, 2.75) is 25.8 Å². The van der Waals surface area contributed by atoms with Crippen molar-refractivity contribution in [3.8, 4) is 0 Å². The maximum Gasteiger partial charge on any atom is 0.308 e. The van der Waals surface area contributed by atoms with E-state index in [9.17, 15) is 4.79 Å². The van der Waals surface area contributed by atoms with E-state index in [0.29, 0.717) is 0 Å². The molecule has 0 amide bonds. The topological polar surface area (TPSA) is 51.0 Å². The molecule has 0 aliphatic heterocycles. The molecule has 1 aromatic carbocycles. The number of carbonyl (C=O) groups excluding carboxylic acids is 1. The molecule has 0 unspecified atom stereocenters. The zero-order valence-electron chi connectivity index (χ0n) is 9.80. The van der Waals surface area contributed by atoms with E-state index < -0.39 is 5.54 Å². The highest BCUT2D eigenvalue weighted by Gasteiger charge is 2.21. The van der Waals surface area contributed by atoms with Crippen molar-refractivity contribution in [2.75, 3.05) is 7.11 Å². The van der Waals surface area contributed by atoms with Gasteiger partial charge in [-0.1, -0.05) is 18.2 Å². The van der Waals surface area contributed by atoms with E-state index in [4.69, 9.17) is 0 Å². The maximum absolute atomic E-state index is 11.1. The van der Waals surface area contributed by atoms with Crippen LogP contribution in [0.4, 0.5) is 5.69 Å². The average Bonchev–Trinajstić information content (AvgIpc) is 2.27. The molecule has 0 fully saturated rings. The van der Waals surface area contributed by atoms with E-state index >= 15 is 0 Å². The van der Waals surface area contributed by atoms with Crippen LogP contribution in [0.15, 0.2) is 40.6 Å². The van der Waals surface area contributed by atoms with Gasteiger partial charge < -0.3 is 4.74 Å². The first-order chi connectivity index (χ1) is 7.53. The van der Waals surface area contributed by atoms with Crippen LogP contribution in [0, 0.1) is 0 Å². The van der Waals surface area contributed by atoms with Crippen molar-refractivity contribution in [3.05, 3.63) is 30.3 Å². The third-order valence-corrected chi connectivity index (χ3v) is 2.00. The second kappa shape index (κ2) is 5.39. The van der Waals surface area contributed by atoms with Crippen LogP contribution in [-0.4, -0.2) is 18.6 Å². The molecule has 1 aromatic rings. The molecule has 0 saturated carbocycles. The lowest BCUT2D eigenvalue weighted by Gasteiger charge is -2.15. The Kier molecular flexibility index (Phi) is 4.17. The van der Waals surface area contributed by atoms with E-state index in [1.807, 2.05) is 44.2 Å². The number of hydrogen-bond acceptors (Lipinski definition) is 4. The second-order valence-electron chi connectivity index (χ2n) is 4.10. The number of rotatable bonds is 4. The molecule has 0 bridgehead atoms. The van der Waals surface area contributed by atoms with Gasteiger partial charge in [0.05, 0.1) is 24.8 Å². The fourth-order valence-electron chi connectivity index (χ4n) is 1.15. The molecule has 4 nitrogen and oxygen atoms in total. The van der Waals surface area contributed by atoms with Crippen LogP contribution >= 0.6 is 0 Å². The fraction of sp³-hybridized carbons (Fsp3) is 0.417. The van der Waals surface area contributed by atoms with Gasteiger partial charge in [0.15, 0.2) is 0 Å². The van der Waals surface area contributed by atoms with Crippen molar-refractivity contribution >= 4 is 11.7 Å². The van der Waals surface area contributed by atoms with Crippen molar-refractivity contribution in [3.63, 3.8) is 0 Å². The van der Waals surface area contributed by atoms with E-state index in [1.165, 1.54) is 7.11 Å². The molecule has 0 heterocycles. The summed E-state index contributed by atoms with van der Waals surface area (Å²) in [6.07, 6.45) is 0.222. The fourth-order valence-corrected chi connectivity index (χ4v) is 1.15. The van der Waals surface area contributed by atoms with E-state index in [1.54, 1.807) is 0 Å². The molecule has 86 valence electrons. The number of benzene rings is 1. The standard InChI is InChI=1S/C12H16N2O2/c1-12(2,9-11(15)16-3)14-13-10-7-5-4-6-8-10/h4-8H,9H2,1-3H3. The summed E-state index contributed by atoms with van der Waals surface area (Å²) in [6.45, 7) is 3.69. The van der Waals surface area contributed by atoms with Crippen LogP contribution in [0.5, 0.6) is 0 Å². The third-order valence-electron chi connectivity index (χ3n) is 2.00. The minimum atomic E-state index is -0.539. The van der Waals surface area contributed by atoms with Gasteiger partial charge in [-0.2, -0.15) is 10.2 Å². The summed E-state index contributed by atoms with van der Waals surface area (Å²) in [4.78, 5) is 11.1. The lowest BCUT2D eigenvalue weighted by Crippen LogP contribution is -2.21. The molecule has 0 aliphatic carbocycles. The minimum absolute atomic E-state index is 0.222. The van der Waals surface area contributed by atoms with Gasteiger partial charge in [-0.3, -0.25) is 4.79 Å². The van der Waals surface area contributed by atoms with Gasteiger partial charge in [0.25, 0.3) is 0 Å². The SMILES string of the molecule is COC(=O)CC(C)(C)N=Nc1ccccc1. The highest BCUT2D eigenvalue weighted by atomic mass is 16.5. The Morgan fingerprint density at radius 2 is 1.94 bits per heavy atom. The number of methoxy groups -OCH3 is 1. The summed E-state index contributed by atoms with van der Waals surface area (Å²) in [6, 6.07) is 9.41. The van der Waals surface area contributed by atoms with Crippen LogP contribution in [0.3, 0.4) is 0 Å². The van der Waals surface area contributed by atoms with Crippen molar-refractivity contribution in [2.24, 2.45) is 10.2 Å². The van der Waals surface area contributed by atoms with Gasteiger partial charge in [0, 0.05) is 0 Å². The number of ether oxygens (including phenoxy) is 1. The van der Waals surface area contributed by atoms with Crippen molar-refractivity contribution < 1.29 is 9.53 Å². The summed E-state index contributed by atoms with van der Waals surface area (Å²) in [5.41, 5.74) is 0.239. The second-order valence-corrected chi connectivity index (χ2v) is 4.10. The molecule has 0 N–H and O–H groups in total. The molecule has 4 heteroatoms. The predicted octanol–water partition coefficient (Wildman–Crippen LogP) is 3.11. The van der Waals surface area contributed by atoms with Crippen LogP contribution in [0.1, 0.15) is 20.3 Å². The summed E-state index contributed by atoms with van der Waals surface area (Å²) in [5.74, 6) is -0.281. The van der Waals surface area contributed by atoms with Crippen LogP contribution in [0.2, 0.25) is 0 Å². The first-order valence-electron chi connectivity index (χ1n) is 5.08. The predicted molar refractivity (Wildman–Crippen MR) is 61.7 cm³/mol. The first-order valence-corrected chi connectivity index (χ1v) is 5.08. The van der Waals surface area contributed by atoms with Crippen LogP contribution < -0.4 is 0 Å². The van der Waals surface area contributed by atoms with Gasteiger partial charge in [0.2, 0.25) is 0 Å². The van der Waals surface area contributed by atoms with Crippen LogP contribution in [-0.2, 0) is 9.53 Å². The molecule has 0 spiro atoms. The number of carbonyl (C=O) groups is 1. The number of hydrogen-bond donors (Lipinski definition) is 0. The normalized spacial score (nSPS) is 11.7. The Morgan fingerprint density at radius 3 is 2.50 bits per heavy atom. The molecule has 0 radical (unpaired) electrons. The molecule has 16 heavy (non-hydrogen) atoms. The quantitative estimate of drug-likeness (QED) is 0.578. The Labute approximate surface area is 95.3 Å². The lowest BCUT2D eigenvalue weighted by molar-refractivity contribution is -0.141. The molecular formula is C12H16N2O2. The molecule has 0 aliphatic rings. The third kappa shape index (κ3) is 4.21. The molecule has 0 saturated heterocycles. The number of azo groups is 1. The summed E-state index contributed by atoms with van der Waals surface area (Å²) in [5, 5.41) is 8.22. The van der Waals surface area contributed by atoms with Crippen LogP contribution in [0.25, 0.3) is 0 Å². The Morgan fingerprint density at radius 1 is 1.31 bits per heavy atom. The Bertz CT molecular complexity index is 372. The molecule has 0 aromatic heterocycles. The number of nitrogens with zero attached hydrogens (tertiary/aromatic N) is 2. The highest BCUT2D eigenvalue weighted by Crippen LogP contribution is 2.19. The largest absolute Gasteiger partial charge is 0.469 e. The Hall–Kier alpha value is -1.71. The zero-order chi connectivity index (χ0) is 12.0. The van der Waals surface area contributed by atoms with E-state index in [2.05, 4.69) is 15.0 Å². The maximum atomic E-state index is 11.1. The van der Waals surface area contributed by atoms with E-state index in [-0.39, 0.29) is 12.4 Å². The molecule has 0 atom stereocenters. The highest BCUT2D eigenvalue weighted by molar-refractivity contribution is 5.70. The van der Waals surface area contributed by atoms with Gasteiger partial charge in [-0.05, 0) is 26.0 Å². The minimum Gasteiger partial charge on any atom is -0.469 e. The summed E-state index contributed by atoms with van der Waals surface area (Å²) >= 11 is 0. The summed E-state index contributed by atoms with van der Waals surface area (Å²) < 4.78 is 4.60. The number of esters is 1. The van der Waals surface area contributed by atoms with Gasteiger partial charge >= 0.3 is 5.97 Å². The van der Waals surface area contributed by atoms with Gasteiger partial charge in [-0.25, -0.2) is 0 Å². The van der Waals surface area contributed by atoms with Gasteiger partial charge in [0.1, 0.15) is 0 Å². The molecular weight excluding hydrogens is 204 g/mol. The van der Waals surface area contributed by atoms with Crippen molar-refractivity contribution in [1.29, 1.82) is 0 Å². The van der Waals surface area contributed by atoms with E-state index in [0.717, 1.165) is 5.69 Å².